The molecule has 6 heteroatoms. The van der Waals surface area contributed by atoms with E-state index in [1.54, 1.807) is 0 Å². The molecule has 1 aromatic carbocycles. The zero-order valence-corrected chi connectivity index (χ0v) is 16.9. The Balaban J connectivity index is 0.00000156. The van der Waals surface area contributed by atoms with Gasteiger partial charge in [-0.3, -0.25) is 9.69 Å². The molecule has 3 rings (SSSR count). The smallest absolute Gasteiger partial charge is 0.239 e. The molecule has 0 aromatic heterocycles. The summed E-state index contributed by atoms with van der Waals surface area (Å²) in [4.78, 5) is 17.3. The minimum Gasteiger partial charge on any atom is -0.338 e. The monoisotopic (exact) mass is 387 g/mol. The van der Waals surface area contributed by atoms with Crippen molar-refractivity contribution in [2.45, 2.75) is 51.2 Å². The van der Waals surface area contributed by atoms with E-state index >= 15 is 0 Å². The Morgan fingerprint density at radius 2 is 1.88 bits per heavy atom. The van der Waals surface area contributed by atoms with E-state index in [0.29, 0.717) is 5.91 Å². The number of rotatable bonds is 3. The molecule has 2 aliphatic heterocycles. The summed E-state index contributed by atoms with van der Waals surface area (Å²) < 4.78 is 0. The van der Waals surface area contributed by atoms with Crippen LogP contribution in [0.5, 0.6) is 0 Å². The summed E-state index contributed by atoms with van der Waals surface area (Å²) in [6, 6.07) is 10.6. The first-order valence-corrected chi connectivity index (χ1v) is 8.87. The fourth-order valence-electron chi connectivity index (χ4n) is 3.76. The fraction of sp³-hybridized carbons (Fsp3) is 0.632. The summed E-state index contributed by atoms with van der Waals surface area (Å²) in [6.45, 7) is 9.04. The van der Waals surface area contributed by atoms with Crippen LogP contribution in [0.15, 0.2) is 30.3 Å². The average Bonchev–Trinajstić information content (AvgIpc) is 2.57. The molecule has 1 N–H and O–H groups in total. The molecule has 2 saturated heterocycles. The highest BCUT2D eigenvalue weighted by atomic mass is 35.5. The quantitative estimate of drug-likeness (QED) is 0.865. The van der Waals surface area contributed by atoms with Crippen molar-refractivity contribution in [1.29, 1.82) is 0 Å². The lowest BCUT2D eigenvalue weighted by Gasteiger charge is -2.48. The molecule has 2 aliphatic rings. The number of piperidine rings is 1. The predicted octanol–water partition coefficient (Wildman–Crippen LogP) is 3.10. The molecule has 0 bridgehead atoms. The molecule has 0 radical (unpaired) electrons. The van der Waals surface area contributed by atoms with Gasteiger partial charge in [-0.05, 0) is 38.8 Å². The number of piperazine rings is 1. The van der Waals surface area contributed by atoms with Crippen molar-refractivity contribution < 1.29 is 4.79 Å². The van der Waals surface area contributed by atoms with Gasteiger partial charge in [0.15, 0.2) is 0 Å². The van der Waals surface area contributed by atoms with Crippen molar-refractivity contribution in [3.8, 4) is 0 Å². The lowest BCUT2D eigenvalue weighted by Crippen LogP contribution is -2.62. The Morgan fingerprint density at radius 3 is 2.48 bits per heavy atom. The molecule has 1 atom stereocenters. The molecule has 0 saturated carbocycles. The van der Waals surface area contributed by atoms with Crippen LogP contribution in [0.2, 0.25) is 0 Å². The highest BCUT2D eigenvalue weighted by Crippen LogP contribution is 2.24. The molecule has 0 aliphatic carbocycles. The molecule has 2 fully saturated rings. The Bertz CT molecular complexity index is 533. The summed E-state index contributed by atoms with van der Waals surface area (Å²) >= 11 is 0. The summed E-state index contributed by atoms with van der Waals surface area (Å²) in [5.74, 6) is 0.303. The molecule has 1 amide bonds. The van der Waals surface area contributed by atoms with Gasteiger partial charge in [0.2, 0.25) is 5.91 Å². The van der Waals surface area contributed by atoms with Crippen LogP contribution in [-0.4, -0.2) is 53.5 Å². The Hall–Kier alpha value is -0.810. The van der Waals surface area contributed by atoms with Crippen LogP contribution in [0.4, 0.5) is 0 Å². The van der Waals surface area contributed by atoms with Crippen molar-refractivity contribution in [3.63, 3.8) is 0 Å². The minimum atomic E-state index is 0. The third kappa shape index (κ3) is 5.58. The zero-order valence-electron chi connectivity index (χ0n) is 15.2. The van der Waals surface area contributed by atoms with Crippen LogP contribution in [0.1, 0.15) is 38.7 Å². The maximum Gasteiger partial charge on any atom is 0.239 e. The number of halogens is 2. The lowest BCUT2D eigenvalue weighted by molar-refractivity contribution is -0.139. The lowest BCUT2D eigenvalue weighted by atomic mass is 9.96. The largest absolute Gasteiger partial charge is 0.338 e. The molecular weight excluding hydrogens is 357 g/mol. The van der Waals surface area contributed by atoms with E-state index < -0.39 is 0 Å². The molecule has 2 heterocycles. The van der Waals surface area contributed by atoms with Gasteiger partial charge in [-0.25, -0.2) is 0 Å². The van der Waals surface area contributed by atoms with Gasteiger partial charge < -0.3 is 10.2 Å². The first kappa shape index (κ1) is 22.2. The van der Waals surface area contributed by atoms with Gasteiger partial charge in [-0.15, -0.1) is 24.8 Å². The van der Waals surface area contributed by atoms with Crippen LogP contribution in [0.3, 0.4) is 0 Å². The van der Waals surface area contributed by atoms with E-state index in [1.807, 2.05) is 0 Å². The highest BCUT2D eigenvalue weighted by Gasteiger charge is 2.37. The van der Waals surface area contributed by atoms with E-state index in [4.69, 9.17) is 0 Å². The number of carbonyl (C=O) groups excluding carboxylic acids is 1. The van der Waals surface area contributed by atoms with E-state index in [9.17, 15) is 4.79 Å². The van der Waals surface area contributed by atoms with Crippen molar-refractivity contribution in [2.24, 2.45) is 0 Å². The number of benzene rings is 1. The van der Waals surface area contributed by atoms with Gasteiger partial charge in [0.25, 0.3) is 0 Å². The fourth-order valence-corrected chi connectivity index (χ4v) is 3.76. The predicted molar refractivity (Wildman–Crippen MR) is 108 cm³/mol. The maximum absolute atomic E-state index is 12.8. The number of hydrogen-bond donors (Lipinski definition) is 1. The second-order valence-electron chi connectivity index (χ2n) is 7.48. The third-order valence-electron chi connectivity index (χ3n) is 5.21. The topological polar surface area (TPSA) is 35.6 Å². The van der Waals surface area contributed by atoms with Gasteiger partial charge in [0.05, 0.1) is 6.04 Å². The SMILES string of the molecule is CC1(C)CN(C(=O)[C@H]2CCCCN2)CCN1Cc1ccccc1.Cl.Cl. The number of nitrogens with one attached hydrogen (secondary N) is 1. The van der Waals surface area contributed by atoms with Gasteiger partial charge in [0.1, 0.15) is 0 Å². The van der Waals surface area contributed by atoms with Gasteiger partial charge in [0, 0.05) is 31.7 Å². The van der Waals surface area contributed by atoms with Crippen molar-refractivity contribution in [3.05, 3.63) is 35.9 Å². The average molecular weight is 388 g/mol. The van der Waals surface area contributed by atoms with Crippen LogP contribution in [-0.2, 0) is 11.3 Å². The Kier molecular flexibility index (Phi) is 8.69. The van der Waals surface area contributed by atoms with Crippen molar-refractivity contribution in [2.75, 3.05) is 26.2 Å². The van der Waals surface area contributed by atoms with Gasteiger partial charge >= 0.3 is 0 Å². The number of amides is 1. The summed E-state index contributed by atoms with van der Waals surface area (Å²) in [6.07, 6.45) is 3.35. The number of nitrogens with zero attached hydrogens (tertiary/aromatic N) is 2. The molecule has 1 aromatic rings. The maximum atomic E-state index is 12.8. The Labute approximate surface area is 164 Å². The first-order chi connectivity index (χ1) is 11.1. The molecule has 25 heavy (non-hydrogen) atoms. The molecule has 0 unspecified atom stereocenters. The summed E-state index contributed by atoms with van der Waals surface area (Å²) in [5.41, 5.74) is 1.35. The minimum absolute atomic E-state index is 0. The summed E-state index contributed by atoms with van der Waals surface area (Å²) in [7, 11) is 0. The van der Waals surface area contributed by atoms with Crippen LogP contribution in [0.25, 0.3) is 0 Å². The van der Waals surface area contributed by atoms with Crippen molar-refractivity contribution >= 4 is 30.7 Å². The van der Waals surface area contributed by atoms with Crippen LogP contribution in [0, 0.1) is 0 Å². The molecular formula is C19H31Cl2N3O. The molecule has 0 spiro atoms. The van der Waals surface area contributed by atoms with Crippen LogP contribution >= 0.6 is 24.8 Å². The highest BCUT2D eigenvalue weighted by molar-refractivity contribution is 5.85. The van der Waals surface area contributed by atoms with Gasteiger partial charge in [-0.1, -0.05) is 36.8 Å². The molecule has 4 nitrogen and oxygen atoms in total. The van der Waals surface area contributed by atoms with E-state index in [1.165, 1.54) is 18.4 Å². The van der Waals surface area contributed by atoms with E-state index in [2.05, 4.69) is 59.3 Å². The van der Waals surface area contributed by atoms with E-state index in [-0.39, 0.29) is 36.4 Å². The standard InChI is InChI=1S/C19H29N3O.2ClH/c1-19(2)15-21(18(23)17-10-6-7-11-20-17)12-13-22(19)14-16-8-4-3-5-9-16;;/h3-5,8-9,17,20H,6-7,10-15H2,1-2H3;2*1H/t17-;;/m1../s1. The number of hydrogen-bond acceptors (Lipinski definition) is 3. The van der Waals surface area contributed by atoms with Crippen LogP contribution < -0.4 is 5.32 Å². The summed E-state index contributed by atoms with van der Waals surface area (Å²) in [5, 5.41) is 3.39. The zero-order chi connectivity index (χ0) is 16.3. The van der Waals surface area contributed by atoms with Crippen molar-refractivity contribution in [1.82, 2.24) is 15.1 Å². The first-order valence-electron chi connectivity index (χ1n) is 8.87. The van der Waals surface area contributed by atoms with E-state index in [0.717, 1.165) is 39.1 Å². The normalized spacial score (nSPS) is 23.3. The van der Waals surface area contributed by atoms with Gasteiger partial charge in [-0.2, -0.15) is 0 Å². The number of carbonyl (C=O) groups is 1. The third-order valence-corrected chi connectivity index (χ3v) is 5.21. The Morgan fingerprint density at radius 1 is 1.16 bits per heavy atom. The second-order valence-corrected chi connectivity index (χ2v) is 7.48. The molecule has 142 valence electrons. The second kappa shape index (κ2) is 9.77.